The molecule has 0 fully saturated rings. The summed E-state index contributed by atoms with van der Waals surface area (Å²) in [6, 6.07) is 7.96. The van der Waals surface area contributed by atoms with E-state index in [1.165, 1.54) is 0 Å². The third-order valence-corrected chi connectivity index (χ3v) is 3.52. The Morgan fingerprint density at radius 3 is 2.78 bits per heavy atom. The van der Waals surface area contributed by atoms with Gasteiger partial charge in [0.2, 0.25) is 12.0 Å². The van der Waals surface area contributed by atoms with Gasteiger partial charge in [0, 0.05) is 31.0 Å². The number of rotatable bonds is 6. The molecule has 0 unspecified atom stereocenters. The van der Waals surface area contributed by atoms with Crippen molar-refractivity contribution in [2.24, 2.45) is 5.16 Å². The zero-order valence-electron chi connectivity index (χ0n) is 13.8. The van der Waals surface area contributed by atoms with Crippen molar-refractivity contribution < 1.29 is 14.4 Å². The van der Waals surface area contributed by atoms with Gasteiger partial charge in [0.25, 0.3) is 5.91 Å². The van der Waals surface area contributed by atoms with E-state index in [2.05, 4.69) is 15.8 Å². The van der Waals surface area contributed by atoms with Gasteiger partial charge in [0.05, 0.1) is 5.71 Å². The van der Waals surface area contributed by atoms with Crippen molar-refractivity contribution in [1.82, 2.24) is 10.6 Å². The molecule has 2 amide bonds. The lowest BCUT2D eigenvalue weighted by atomic mass is 10.0. The predicted octanol–water partition coefficient (Wildman–Crippen LogP) is 1.52. The van der Waals surface area contributed by atoms with E-state index in [4.69, 9.17) is 4.84 Å². The van der Waals surface area contributed by atoms with Gasteiger partial charge in [-0.3, -0.25) is 9.59 Å². The normalized spacial score (nSPS) is 16.7. The van der Waals surface area contributed by atoms with Gasteiger partial charge < -0.3 is 15.5 Å². The summed E-state index contributed by atoms with van der Waals surface area (Å²) in [6.07, 6.45) is 0.0644. The van der Waals surface area contributed by atoms with E-state index in [1.807, 2.05) is 45.0 Å². The topological polar surface area (TPSA) is 79.8 Å². The third-order valence-electron chi connectivity index (χ3n) is 3.52. The number of benzene rings is 1. The van der Waals surface area contributed by atoms with Crippen LogP contribution in [0.2, 0.25) is 0 Å². The Balaban J connectivity index is 1.78. The Bertz CT molecular complexity index is 611. The van der Waals surface area contributed by atoms with Gasteiger partial charge >= 0.3 is 0 Å². The highest BCUT2D eigenvalue weighted by Crippen LogP contribution is 2.19. The first-order valence-corrected chi connectivity index (χ1v) is 7.83. The maximum Gasteiger partial charge on any atom is 0.264 e. The van der Waals surface area contributed by atoms with E-state index in [0.29, 0.717) is 6.42 Å². The first kappa shape index (κ1) is 17.0. The van der Waals surface area contributed by atoms with Crippen LogP contribution in [-0.4, -0.2) is 36.2 Å². The van der Waals surface area contributed by atoms with Gasteiger partial charge in [0.15, 0.2) is 0 Å². The molecule has 0 radical (unpaired) electrons. The molecule has 0 spiro atoms. The molecule has 0 aliphatic carbocycles. The second-order valence-corrected chi connectivity index (χ2v) is 5.91. The summed E-state index contributed by atoms with van der Waals surface area (Å²) in [7, 11) is 0. The largest absolute Gasteiger partial charge is 0.382 e. The third kappa shape index (κ3) is 4.81. The SMILES string of the molecule is Cc1ccccc1C1=NO[C@@H](C(=O)NCCC(=O)NC(C)C)C1. The van der Waals surface area contributed by atoms with Gasteiger partial charge in [-0.25, -0.2) is 0 Å². The number of amides is 2. The molecule has 0 saturated heterocycles. The Morgan fingerprint density at radius 2 is 2.09 bits per heavy atom. The van der Waals surface area contributed by atoms with Crippen LogP contribution in [-0.2, 0) is 14.4 Å². The van der Waals surface area contributed by atoms with Crippen molar-refractivity contribution in [2.45, 2.75) is 45.8 Å². The van der Waals surface area contributed by atoms with Crippen molar-refractivity contribution in [1.29, 1.82) is 0 Å². The molecule has 0 bridgehead atoms. The molecule has 1 heterocycles. The molecule has 1 aliphatic rings. The number of aryl methyl sites for hydroxylation is 1. The highest BCUT2D eigenvalue weighted by Gasteiger charge is 2.29. The van der Waals surface area contributed by atoms with E-state index in [0.717, 1.165) is 16.8 Å². The number of nitrogens with one attached hydrogen (secondary N) is 2. The van der Waals surface area contributed by atoms with E-state index in [9.17, 15) is 9.59 Å². The lowest BCUT2D eigenvalue weighted by Crippen LogP contribution is -2.38. The number of carbonyl (C=O) groups excluding carboxylic acids is 2. The fourth-order valence-electron chi connectivity index (χ4n) is 2.38. The zero-order valence-corrected chi connectivity index (χ0v) is 13.8. The fraction of sp³-hybridized carbons (Fsp3) is 0.471. The monoisotopic (exact) mass is 317 g/mol. The van der Waals surface area contributed by atoms with E-state index >= 15 is 0 Å². The fourth-order valence-corrected chi connectivity index (χ4v) is 2.38. The van der Waals surface area contributed by atoms with Gasteiger partial charge in [0.1, 0.15) is 0 Å². The summed E-state index contributed by atoms with van der Waals surface area (Å²) in [5.74, 6) is -0.320. The minimum absolute atomic E-state index is 0.0792. The smallest absolute Gasteiger partial charge is 0.264 e. The molecular formula is C17H23N3O3. The molecular weight excluding hydrogens is 294 g/mol. The summed E-state index contributed by atoms with van der Waals surface area (Å²) in [5.41, 5.74) is 2.88. The van der Waals surface area contributed by atoms with Crippen LogP contribution in [0.3, 0.4) is 0 Å². The van der Waals surface area contributed by atoms with E-state index < -0.39 is 6.10 Å². The molecule has 0 aromatic heterocycles. The highest BCUT2D eigenvalue weighted by atomic mass is 16.6. The Labute approximate surface area is 136 Å². The van der Waals surface area contributed by atoms with Crippen molar-refractivity contribution in [3.63, 3.8) is 0 Å². The lowest BCUT2D eigenvalue weighted by Gasteiger charge is -2.11. The summed E-state index contributed by atoms with van der Waals surface area (Å²) in [6.45, 7) is 6.08. The van der Waals surface area contributed by atoms with Gasteiger partial charge in [-0.1, -0.05) is 29.4 Å². The summed E-state index contributed by atoms with van der Waals surface area (Å²) >= 11 is 0. The zero-order chi connectivity index (χ0) is 16.8. The van der Waals surface area contributed by atoms with Crippen molar-refractivity contribution in [2.75, 3.05) is 6.54 Å². The standard InChI is InChI=1S/C17H23N3O3/c1-11(2)19-16(21)8-9-18-17(22)15-10-14(20-23-15)13-7-5-4-6-12(13)3/h4-7,11,15H,8-10H2,1-3H3,(H,18,22)(H,19,21)/t15-/m1/s1. The Morgan fingerprint density at radius 1 is 1.35 bits per heavy atom. The Hall–Kier alpha value is -2.37. The van der Waals surface area contributed by atoms with Crippen LogP contribution in [0.25, 0.3) is 0 Å². The average molecular weight is 317 g/mol. The Kier molecular flexibility index (Phi) is 5.73. The molecule has 1 aromatic rings. The van der Waals surface area contributed by atoms with Crippen LogP contribution >= 0.6 is 0 Å². The minimum Gasteiger partial charge on any atom is -0.382 e. The molecule has 0 saturated carbocycles. The second-order valence-electron chi connectivity index (χ2n) is 5.91. The highest BCUT2D eigenvalue weighted by molar-refractivity contribution is 6.05. The summed E-state index contributed by atoms with van der Waals surface area (Å²) < 4.78 is 0. The van der Waals surface area contributed by atoms with Gasteiger partial charge in [-0.05, 0) is 26.3 Å². The number of carbonyl (C=O) groups is 2. The maximum atomic E-state index is 12.1. The second kappa shape index (κ2) is 7.76. The van der Waals surface area contributed by atoms with E-state index in [1.54, 1.807) is 0 Å². The van der Waals surface area contributed by atoms with Gasteiger partial charge in [-0.15, -0.1) is 0 Å². The molecule has 2 N–H and O–H groups in total. The van der Waals surface area contributed by atoms with Crippen molar-refractivity contribution in [3.05, 3.63) is 35.4 Å². The predicted molar refractivity (Wildman–Crippen MR) is 88.1 cm³/mol. The summed E-state index contributed by atoms with van der Waals surface area (Å²) in [5, 5.41) is 9.52. The molecule has 1 aromatic carbocycles. The van der Waals surface area contributed by atoms with Crippen molar-refractivity contribution in [3.8, 4) is 0 Å². The van der Waals surface area contributed by atoms with Crippen LogP contribution in [0.1, 0.15) is 37.8 Å². The molecule has 1 atom stereocenters. The first-order valence-electron chi connectivity index (χ1n) is 7.83. The van der Waals surface area contributed by atoms with E-state index in [-0.39, 0.29) is 30.8 Å². The maximum absolute atomic E-state index is 12.1. The molecule has 6 nitrogen and oxygen atoms in total. The van der Waals surface area contributed by atoms with Crippen molar-refractivity contribution >= 4 is 17.5 Å². The van der Waals surface area contributed by atoms with Gasteiger partial charge in [-0.2, -0.15) is 0 Å². The lowest BCUT2D eigenvalue weighted by molar-refractivity contribution is -0.131. The molecule has 6 heteroatoms. The van der Waals surface area contributed by atoms with Crippen LogP contribution in [0, 0.1) is 6.92 Å². The molecule has 124 valence electrons. The molecule has 1 aliphatic heterocycles. The summed E-state index contributed by atoms with van der Waals surface area (Å²) in [4.78, 5) is 28.8. The van der Waals surface area contributed by atoms with Crippen LogP contribution in [0.15, 0.2) is 29.4 Å². The van der Waals surface area contributed by atoms with Crippen LogP contribution in [0.4, 0.5) is 0 Å². The molecule has 23 heavy (non-hydrogen) atoms. The number of oxime groups is 1. The number of hydrogen-bond acceptors (Lipinski definition) is 4. The molecule has 2 rings (SSSR count). The van der Waals surface area contributed by atoms with Crippen LogP contribution in [0.5, 0.6) is 0 Å². The quantitative estimate of drug-likeness (QED) is 0.835. The minimum atomic E-state index is -0.627. The number of hydrogen-bond donors (Lipinski definition) is 2. The average Bonchev–Trinajstić information content (AvgIpc) is 2.96. The van der Waals surface area contributed by atoms with Crippen LogP contribution < -0.4 is 10.6 Å². The first-order chi connectivity index (χ1) is 11.0. The number of nitrogens with zero attached hydrogens (tertiary/aromatic N) is 1.